The Bertz CT molecular complexity index is 533. The highest BCUT2D eigenvalue weighted by Gasteiger charge is 2.55. The van der Waals surface area contributed by atoms with Gasteiger partial charge in [0.2, 0.25) is 0 Å². The van der Waals surface area contributed by atoms with Gasteiger partial charge in [-0.25, -0.2) is 4.39 Å². The number of hydrogen-bond donors (Lipinski definition) is 1. The average Bonchev–Trinajstić information content (AvgIpc) is 2.95. The Morgan fingerprint density at radius 1 is 1.55 bits per heavy atom. The number of nitrogens with zero attached hydrogens (tertiary/aromatic N) is 1. The summed E-state index contributed by atoms with van der Waals surface area (Å²) in [5.41, 5.74) is 0.354. The van der Waals surface area contributed by atoms with Crippen LogP contribution in [0, 0.1) is 17.2 Å². The fourth-order valence-electron chi connectivity index (χ4n) is 3.95. The number of benzene rings is 1. The molecule has 20 heavy (non-hydrogen) atoms. The molecule has 1 heterocycles. The number of hydrogen-bond acceptors (Lipinski definition) is 2. The Hall–Kier alpha value is -1.42. The summed E-state index contributed by atoms with van der Waals surface area (Å²) in [5, 5.41) is 9.60. The van der Waals surface area contributed by atoms with E-state index in [4.69, 9.17) is 0 Å². The molecule has 108 valence electrons. The standard InChI is InChI=1S/C16H20FNO2/c1-11(12-4-2-6-14(17)8-12)18-9-13-5-3-7-16(13,10-18)15(19)20/h2,4,6,8,11,13H,3,5,7,9-10H2,1H3,(H,19,20)/t11?,13-,16+/m0/s1. The van der Waals surface area contributed by atoms with Crippen molar-refractivity contribution in [3.63, 3.8) is 0 Å². The van der Waals surface area contributed by atoms with Crippen LogP contribution in [-0.2, 0) is 4.79 Å². The largest absolute Gasteiger partial charge is 0.481 e. The molecule has 0 aromatic heterocycles. The molecule has 1 aromatic carbocycles. The van der Waals surface area contributed by atoms with Gasteiger partial charge < -0.3 is 5.11 Å². The van der Waals surface area contributed by atoms with Crippen molar-refractivity contribution in [3.05, 3.63) is 35.6 Å². The minimum absolute atomic E-state index is 0.0625. The van der Waals surface area contributed by atoms with E-state index >= 15 is 0 Å². The first-order valence-corrected chi connectivity index (χ1v) is 7.26. The molecular weight excluding hydrogens is 257 g/mol. The SMILES string of the molecule is CC(c1cccc(F)c1)N1C[C@@H]2CCC[C@@]2(C(=O)O)C1. The summed E-state index contributed by atoms with van der Waals surface area (Å²) in [5.74, 6) is -0.647. The number of rotatable bonds is 3. The molecule has 0 radical (unpaired) electrons. The van der Waals surface area contributed by atoms with E-state index in [1.54, 1.807) is 12.1 Å². The second kappa shape index (κ2) is 4.85. The van der Waals surface area contributed by atoms with Crippen molar-refractivity contribution >= 4 is 5.97 Å². The zero-order chi connectivity index (χ0) is 14.3. The van der Waals surface area contributed by atoms with E-state index in [9.17, 15) is 14.3 Å². The zero-order valence-electron chi connectivity index (χ0n) is 11.7. The van der Waals surface area contributed by atoms with Crippen molar-refractivity contribution in [2.75, 3.05) is 13.1 Å². The lowest BCUT2D eigenvalue weighted by Crippen LogP contribution is -2.36. The van der Waals surface area contributed by atoms with Gasteiger partial charge in [0, 0.05) is 19.1 Å². The third-order valence-corrected chi connectivity index (χ3v) is 5.20. The number of likely N-dealkylation sites (tertiary alicyclic amines) is 1. The number of carboxylic acid groups (broad SMARTS) is 1. The summed E-state index contributed by atoms with van der Waals surface area (Å²) >= 11 is 0. The molecule has 1 aliphatic carbocycles. The van der Waals surface area contributed by atoms with Gasteiger partial charge in [-0.15, -0.1) is 0 Å². The molecule has 2 fully saturated rings. The number of fused-ring (bicyclic) bond motifs is 1. The normalized spacial score (nSPS) is 31.2. The van der Waals surface area contributed by atoms with Gasteiger partial charge in [0.25, 0.3) is 0 Å². The minimum Gasteiger partial charge on any atom is -0.481 e. The molecule has 0 amide bonds. The number of halogens is 1. The van der Waals surface area contributed by atoms with Crippen LogP contribution < -0.4 is 0 Å². The molecule has 1 saturated carbocycles. The van der Waals surface area contributed by atoms with Crippen LogP contribution in [0.1, 0.15) is 37.8 Å². The first kappa shape index (κ1) is 13.6. The van der Waals surface area contributed by atoms with Crippen LogP contribution in [0.15, 0.2) is 24.3 Å². The Balaban J connectivity index is 1.82. The molecule has 0 bridgehead atoms. The van der Waals surface area contributed by atoms with Gasteiger partial charge in [0.1, 0.15) is 5.82 Å². The first-order valence-electron chi connectivity index (χ1n) is 7.26. The Labute approximate surface area is 118 Å². The van der Waals surface area contributed by atoms with Gasteiger partial charge in [0.05, 0.1) is 5.41 Å². The maximum Gasteiger partial charge on any atom is 0.311 e. The third-order valence-electron chi connectivity index (χ3n) is 5.20. The lowest BCUT2D eigenvalue weighted by atomic mass is 9.81. The molecular formula is C16H20FNO2. The van der Waals surface area contributed by atoms with E-state index in [1.807, 2.05) is 13.0 Å². The van der Waals surface area contributed by atoms with Crippen molar-refractivity contribution in [3.8, 4) is 0 Å². The maximum atomic E-state index is 13.3. The Kier molecular flexibility index (Phi) is 3.28. The highest BCUT2D eigenvalue weighted by Crippen LogP contribution is 2.50. The zero-order valence-corrected chi connectivity index (χ0v) is 11.7. The molecule has 1 aliphatic heterocycles. The first-order chi connectivity index (χ1) is 9.53. The smallest absolute Gasteiger partial charge is 0.311 e. The van der Waals surface area contributed by atoms with E-state index in [0.29, 0.717) is 6.54 Å². The van der Waals surface area contributed by atoms with E-state index in [2.05, 4.69) is 4.90 Å². The molecule has 1 aromatic rings. The number of carboxylic acids is 1. The summed E-state index contributed by atoms with van der Waals surface area (Å²) < 4.78 is 13.3. The molecule has 0 spiro atoms. The second-order valence-electron chi connectivity index (χ2n) is 6.21. The van der Waals surface area contributed by atoms with Crippen LogP contribution in [0.3, 0.4) is 0 Å². The van der Waals surface area contributed by atoms with Crippen LogP contribution in [0.5, 0.6) is 0 Å². The average molecular weight is 277 g/mol. The quantitative estimate of drug-likeness (QED) is 0.923. The monoisotopic (exact) mass is 277 g/mol. The van der Waals surface area contributed by atoms with Crippen LogP contribution in [0.4, 0.5) is 4.39 Å². The van der Waals surface area contributed by atoms with E-state index in [1.165, 1.54) is 6.07 Å². The lowest BCUT2D eigenvalue weighted by Gasteiger charge is -2.27. The third kappa shape index (κ3) is 2.03. The van der Waals surface area contributed by atoms with E-state index < -0.39 is 11.4 Å². The predicted molar refractivity (Wildman–Crippen MR) is 73.8 cm³/mol. The summed E-state index contributed by atoms with van der Waals surface area (Å²) in [4.78, 5) is 13.9. The van der Waals surface area contributed by atoms with E-state index in [0.717, 1.165) is 31.4 Å². The van der Waals surface area contributed by atoms with Gasteiger partial charge in [0.15, 0.2) is 0 Å². The van der Waals surface area contributed by atoms with Crippen molar-refractivity contribution in [2.45, 2.75) is 32.2 Å². The van der Waals surface area contributed by atoms with Crippen molar-refractivity contribution < 1.29 is 14.3 Å². The minimum atomic E-state index is -0.658. The highest BCUT2D eigenvalue weighted by atomic mass is 19.1. The summed E-state index contributed by atoms with van der Waals surface area (Å²) in [6.07, 6.45) is 2.79. The second-order valence-corrected chi connectivity index (χ2v) is 6.21. The van der Waals surface area contributed by atoms with Crippen molar-refractivity contribution in [1.29, 1.82) is 0 Å². The van der Waals surface area contributed by atoms with Gasteiger partial charge in [-0.2, -0.15) is 0 Å². The fraction of sp³-hybridized carbons (Fsp3) is 0.562. The van der Waals surface area contributed by atoms with Crippen LogP contribution in [-0.4, -0.2) is 29.1 Å². The molecule has 1 saturated heterocycles. The predicted octanol–water partition coefficient (Wildman–Crippen LogP) is 3.07. The molecule has 1 unspecified atom stereocenters. The molecule has 4 heteroatoms. The summed E-state index contributed by atoms with van der Waals surface area (Å²) in [6.45, 7) is 3.43. The van der Waals surface area contributed by atoms with Crippen LogP contribution in [0.2, 0.25) is 0 Å². The molecule has 1 N–H and O–H groups in total. The molecule has 3 nitrogen and oxygen atoms in total. The van der Waals surface area contributed by atoms with Gasteiger partial charge in [-0.3, -0.25) is 9.69 Å². The molecule has 3 atom stereocenters. The molecule has 2 aliphatic rings. The maximum absolute atomic E-state index is 13.3. The van der Waals surface area contributed by atoms with Gasteiger partial charge >= 0.3 is 5.97 Å². The Morgan fingerprint density at radius 2 is 2.35 bits per heavy atom. The molecule has 3 rings (SSSR count). The van der Waals surface area contributed by atoms with Crippen LogP contribution in [0.25, 0.3) is 0 Å². The van der Waals surface area contributed by atoms with Gasteiger partial charge in [-0.05, 0) is 43.4 Å². The lowest BCUT2D eigenvalue weighted by molar-refractivity contribution is -0.149. The Morgan fingerprint density at radius 3 is 3.00 bits per heavy atom. The van der Waals surface area contributed by atoms with E-state index in [-0.39, 0.29) is 17.8 Å². The highest BCUT2D eigenvalue weighted by molar-refractivity contribution is 5.76. The number of aliphatic carboxylic acids is 1. The summed E-state index contributed by atoms with van der Waals surface area (Å²) in [7, 11) is 0. The fourth-order valence-corrected chi connectivity index (χ4v) is 3.95. The van der Waals surface area contributed by atoms with Crippen molar-refractivity contribution in [2.24, 2.45) is 11.3 Å². The number of carbonyl (C=O) groups is 1. The van der Waals surface area contributed by atoms with Crippen LogP contribution >= 0.6 is 0 Å². The van der Waals surface area contributed by atoms with Crippen molar-refractivity contribution in [1.82, 2.24) is 4.90 Å². The van der Waals surface area contributed by atoms with Gasteiger partial charge in [-0.1, -0.05) is 18.6 Å². The summed E-state index contributed by atoms with van der Waals surface area (Å²) in [6, 6.07) is 6.67. The topological polar surface area (TPSA) is 40.5 Å².